The van der Waals surface area contributed by atoms with E-state index in [0.717, 1.165) is 5.56 Å². The van der Waals surface area contributed by atoms with Crippen molar-refractivity contribution < 1.29 is 4.79 Å². The molecule has 3 aromatic rings. The molecule has 1 aromatic heterocycles. The molecule has 0 radical (unpaired) electrons. The van der Waals surface area contributed by atoms with Crippen molar-refractivity contribution in [2.45, 2.75) is 6.54 Å². The summed E-state index contributed by atoms with van der Waals surface area (Å²) in [5, 5.41) is 9.83. The zero-order valence-electron chi connectivity index (χ0n) is 13.7. The van der Waals surface area contributed by atoms with Crippen molar-refractivity contribution in [1.29, 1.82) is 0 Å². The van der Waals surface area contributed by atoms with Crippen LogP contribution in [0.5, 0.6) is 0 Å². The van der Waals surface area contributed by atoms with Gasteiger partial charge in [0, 0.05) is 21.8 Å². The predicted octanol–water partition coefficient (Wildman–Crippen LogP) is 5.42. The average molecular weight is 487 g/mol. The summed E-state index contributed by atoms with van der Waals surface area (Å²) in [5.74, 6) is -0.446. The lowest BCUT2D eigenvalue weighted by atomic mass is 10.2. The number of nitrogens with one attached hydrogen (secondary N) is 1. The molecule has 0 saturated heterocycles. The van der Waals surface area contributed by atoms with E-state index in [1.807, 2.05) is 12.1 Å². The minimum atomic E-state index is -0.446. The van der Waals surface area contributed by atoms with Crippen LogP contribution in [0.1, 0.15) is 21.6 Å². The Morgan fingerprint density at radius 3 is 2.56 bits per heavy atom. The first-order valence-corrected chi connectivity index (χ1v) is 9.61. The Morgan fingerprint density at radius 2 is 1.85 bits per heavy atom. The van der Waals surface area contributed by atoms with Crippen LogP contribution in [-0.2, 0) is 6.54 Å². The molecule has 0 atom stereocenters. The van der Waals surface area contributed by atoms with Crippen LogP contribution in [0.4, 0.5) is 0 Å². The SMILES string of the molecule is O=C(N/N=C\c1ccc(Cl)cc1Cl)c1nn(Cc2ccc(Cl)cc2)cc1Br. The Labute approximate surface area is 179 Å². The third-order valence-corrected chi connectivity index (χ3v) is 4.92. The summed E-state index contributed by atoms with van der Waals surface area (Å²) < 4.78 is 2.22. The summed E-state index contributed by atoms with van der Waals surface area (Å²) in [7, 11) is 0. The van der Waals surface area contributed by atoms with E-state index in [0.29, 0.717) is 31.6 Å². The van der Waals surface area contributed by atoms with Gasteiger partial charge in [0.25, 0.3) is 5.91 Å². The number of hydrogen-bond acceptors (Lipinski definition) is 3. The van der Waals surface area contributed by atoms with Gasteiger partial charge in [0.05, 0.1) is 22.3 Å². The van der Waals surface area contributed by atoms with E-state index >= 15 is 0 Å². The van der Waals surface area contributed by atoms with Gasteiger partial charge >= 0.3 is 0 Å². The minimum Gasteiger partial charge on any atom is -0.266 e. The largest absolute Gasteiger partial charge is 0.293 e. The monoisotopic (exact) mass is 484 g/mol. The van der Waals surface area contributed by atoms with E-state index < -0.39 is 5.91 Å². The first-order chi connectivity index (χ1) is 12.9. The standard InChI is InChI=1S/C18H12BrCl3N4O/c19-15-10-26(9-11-1-4-13(20)5-2-11)25-17(15)18(27)24-23-8-12-3-6-14(21)7-16(12)22/h1-8,10H,9H2,(H,24,27)/b23-8-. The third kappa shape index (κ3) is 5.32. The molecule has 1 heterocycles. The number of carbonyl (C=O) groups is 1. The fourth-order valence-corrected chi connectivity index (χ4v) is 3.31. The highest BCUT2D eigenvalue weighted by Gasteiger charge is 2.15. The summed E-state index contributed by atoms with van der Waals surface area (Å²) in [4.78, 5) is 12.3. The molecule has 5 nitrogen and oxygen atoms in total. The molecule has 138 valence electrons. The van der Waals surface area contributed by atoms with Crippen LogP contribution in [0.15, 0.2) is 58.2 Å². The van der Waals surface area contributed by atoms with E-state index in [2.05, 4.69) is 31.6 Å². The van der Waals surface area contributed by atoms with Crippen molar-refractivity contribution in [2.75, 3.05) is 0 Å². The van der Waals surface area contributed by atoms with E-state index in [9.17, 15) is 4.79 Å². The molecular formula is C18H12BrCl3N4O. The molecule has 0 fully saturated rings. The van der Waals surface area contributed by atoms with E-state index in [-0.39, 0.29) is 5.69 Å². The van der Waals surface area contributed by atoms with Gasteiger partial charge in [0.15, 0.2) is 5.69 Å². The van der Waals surface area contributed by atoms with Crippen LogP contribution in [0.3, 0.4) is 0 Å². The van der Waals surface area contributed by atoms with Crippen molar-refractivity contribution in [3.05, 3.63) is 85.0 Å². The van der Waals surface area contributed by atoms with E-state index in [4.69, 9.17) is 34.8 Å². The van der Waals surface area contributed by atoms with Gasteiger partial charge in [-0.2, -0.15) is 10.2 Å². The Balaban J connectivity index is 1.67. The lowest BCUT2D eigenvalue weighted by Gasteiger charge is -2.02. The van der Waals surface area contributed by atoms with Gasteiger partial charge in [-0.25, -0.2) is 5.43 Å². The molecule has 3 rings (SSSR count). The maximum atomic E-state index is 12.3. The Hall–Kier alpha value is -1.86. The second kappa shape index (κ2) is 8.89. The molecular weight excluding hydrogens is 474 g/mol. The van der Waals surface area contributed by atoms with E-state index in [1.165, 1.54) is 6.21 Å². The second-order valence-corrected chi connectivity index (χ2v) is 7.65. The molecule has 0 saturated carbocycles. The summed E-state index contributed by atoms with van der Waals surface area (Å²) in [5.41, 5.74) is 4.30. The number of nitrogens with zero attached hydrogens (tertiary/aromatic N) is 3. The normalized spacial score (nSPS) is 11.1. The van der Waals surface area contributed by atoms with Gasteiger partial charge < -0.3 is 0 Å². The Morgan fingerprint density at radius 1 is 1.15 bits per heavy atom. The number of rotatable bonds is 5. The number of halogens is 4. The van der Waals surface area contributed by atoms with Crippen LogP contribution in [-0.4, -0.2) is 21.9 Å². The van der Waals surface area contributed by atoms with Crippen LogP contribution in [0.25, 0.3) is 0 Å². The zero-order valence-corrected chi connectivity index (χ0v) is 17.5. The van der Waals surface area contributed by atoms with Crippen LogP contribution < -0.4 is 5.43 Å². The highest BCUT2D eigenvalue weighted by atomic mass is 79.9. The van der Waals surface area contributed by atoms with Crippen LogP contribution in [0.2, 0.25) is 15.1 Å². The lowest BCUT2D eigenvalue weighted by Crippen LogP contribution is -2.19. The van der Waals surface area contributed by atoms with Crippen LogP contribution in [0, 0.1) is 0 Å². The molecule has 0 spiro atoms. The molecule has 0 aliphatic rings. The molecule has 27 heavy (non-hydrogen) atoms. The summed E-state index contributed by atoms with van der Waals surface area (Å²) >= 11 is 21.1. The number of carbonyl (C=O) groups excluding carboxylic acids is 1. The van der Waals surface area contributed by atoms with Crippen molar-refractivity contribution in [3.63, 3.8) is 0 Å². The number of aromatic nitrogens is 2. The van der Waals surface area contributed by atoms with Crippen molar-refractivity contribution in [1.82, 2.24) is 15.2 Å². The Kier molecular flexibility index (Phi) is 6.55. The molecule has 1 amide bonds. The molecule has 0 aliphatic carbocycles. The number of hydrogen-bond donors (Lipinski definition) is 1. The summed E-state index contributed by atoms with van der Waals surface area (Å²) in [6.07, 6.45) is 3.17. The number of hydrazone groups is 1. The van der Waals surface area contributed by atoms with Gasteiger partial charge in [0.1, 0.15) is 0 Å². The first kappa shape index (κ1) is 19.9. The van der Waals surface area contributed by atoms with Crippen molar-refractivity contribution in [2.24, 2.45) is 5.10 Å². The van der Waals surface area contributed by atoms with E-state index in [1.54, 1.807) is 41.2 Å². The first-order valence-electron chi connectivity index (χ1n) is 7.68. The van der Waals surface area contributed by atoms with Gasteiger partial charge in [-0.3, -0.25) is 9.48 Å². The van der Waals surface area contributed by atoms with Gasteiger partial charge in [-0.1, -0.05) is 53.0 Å². The number of amides is 1. The van der Waals surface area contributed by atoms with Gasteiger partial charge in [-0.15, -0.1) is 0 Å². The summed E-state index contributed by atoms with van der Waals surface area (Å²) in [6, 6.07) is 12.4. The van der Waals surface area contributed by atoms with Gasteiger partial charge in [-0.05, 0) is 45.8 Å². The van der Waals surface area contributed by atoms with Crippen molar-refractivity contribution in [3.8, 4) is 0 Å². The predicted molar refractivity (Wildman–Crippen MR) is 112 cm³/mol. The third-order valence-electron chi connectivity index (χ3n) is 3.52. The maximum absolute atomic E-state index is 12.3. The molecule has 0 aliphatic heterocycles. The minimum absolute atomic E-state index is 0.225. The fraction of sp³-hybridized carbons (Fsp3) is 0.0556. The summed E-state index contributed by atoms with van der Waals surface area (Å²) in [6.45, 7) is 0.507. The zero-order chi connectivity index (χ0) is 19.4. The molecule has 2 aromatic carbocycles. The highest BCUT2D eigenvalue weighted by molar-refractivity contribution is 9.10. The van der Waals surface area contributed by atoms with Crippen molar-refractivity contribution >= 4 is 62.9 Å². The van der Waals surface area contributed by atoms with Crippen LogP contribution >= 0.6 is 50.7 Å². The molecule has 9 heteroatoms. The lowest BCUT2D eigenvalue weighted by molar-refractivity contribution is 0.0948. The quantitative estimate of drug-likeness (QED) is 0.387. The molecule has 0 unspecified atom stereocenters. The molecule has 0 bridgehead atoms. The smallest absolute Gasteiger partial charge is 0.266 e. The van der Waals surface area contributed by atoms with Gasteiger partial charge in [0.2, 0.25) is 0 Å². The highest BCUT2D eigenvalue weighted by Crippen LogP contribution is 2.20. The molecule has 1 N–H and O–H groups in total. The number of benzene rings is 2. The topological polar surface area (TPSA) is 59.3 Å². The Bertz CT molecular complexity index is 1000. The fourth-order valence-electron chi connectivity index (χ4n) is 2.23. The average Bonchev–Trinajstić information content (AvgIpc) is 2.99. The maximum Gasteiger partial charge on any atom is 0.293 e. The second-order valence-electron chi connectivity index (χ2n) is 5.51.